The first-order valence-corrected chi connectivity index (χ1v) is 13.0. The molecule has 1 saturated heterocycles. The Hall–Kier alpha value is -3.92. The van der Waals surface area contributed by atoms with Gasteiger partial charge < -0.3 is 19.4 Å². The number of carbonyl (C=O) groups excluding carboxylic acids is 1. The highest BCUT2D eigenvalue weighted by Gasteiger charge is 2.34. The summed E-state index contributed by atoms with van der Waals surface area (Å²) in [6.45, 7) is 0.663. The Labute approximate surface area is 202 Å². The molecule has 0 bridgehead atoms. The summed E-state index contributed by atoms with van der Waals surface area (Å²) < 4.78 is 34.9. The van der Waals surface area contributed by atoms with E-state index in [0.717, 1.165) is 18.2 Å². The van der Waals surface area contributed by atoms with Crippen molar-refractivity contribution in [1.82, 2.24) is 15.0 Å². The first-order chi connectivity index (χ1) is 16.8. The second-order valence-electron chi connectivity index (χ2n) is 8.36. The molecule has 4 aromatic rings. The molecule has 180 valence electrons. The molecule has 1 aliphatic heterocycles. The van der Waals surface area contributed by atoms with Gasteiger partial charge in [-0.15, -0.1) is 0 Å². The predicted molar refractivity (Wildman–Crippen MR) is 131 cm³/mol. The van der Waals surface area contributed by atoms with Crippen molar-refractivity contribution < 1.29 is 22.7 Å². The highest BCUT2D eigenvalue weighted by molar-refractivity contribution is 7.90. The topological polar surface area (TPSA) is 114 Å². The van der Waals surface area contributed by atoms with Crippen LogP contribution in [-0.2, 0) is 19.4 Å². The highest BCUT2D eigenvalue weighted by Crippen LogP contribution is 2.40. The van der Waals surface area contributed by atoms with Gasteiger partial charge in [0.1, 0.15) is 17.5 Å². The van der Waals surface area contributed by atoms with Gasteiger partial charge in [-0.05, 0) is 55.3 Å². The van der Waals surface area contributed by atoms with Gasteiger partial charge in [-0.2, -0.15) is 0 Å². The van der Waals surface area contributed by atoms with Crippen molar-refractivity contribution in [3.05, 3.63) is 60.8 Å². The smallest absolute Gasteiger partial charge is 0.328 e. The molecule has 1 aliphatic rings. The summed E-state index contributed by atoms with van der Waals surface area (Å²) in [4.78, 5) is 27.0. The molecule has 9 nitrogen and oxygen atoms in total. The van der Waals surface area contributed by atoms with Gasteiger partial charge in [0, 0.05) is 25.1 Å². The molecular formula is C25H24N4O5S. The number of esters is 1. The number of pyridine rings is 1. The third kappa shape index (κ3) is 4.57. The van der Waals surface area contributed by atoms with Crippen LogP contribution in [0.5, 0.6) is 11.5 Å². The Bertz CT molecular complexity index is 1480. The molecule has 0 amide bonds. The maximum Gasteiger partial charge on any atom is 0.328 e. The zero-order valence-corrected chi connectivity index (χ0v) is 20.1. The molecule has 10 heteroatoms. The number of nitrogens with zero attached hydrogens (tertiary/aromatic N) is 3. The number of H-pyrrole nitrogens is 1. The number of sulfone groups is 1. The Morgan fingerprint density at radius 1 is 1.14 bits per heavy atom. The van der Waals surface area contributed by atoms with Crippen LogP contribution in [0, 0.1) is 0 Å². The number of aromatic nitrogens is 3. The highest BCUT2D eigenvalue weighted by atomic mass is 32.2. The Morgan fingerprint density at radius 3 is 2.63 bits per heavy atom. The molecule has 2 aromatic carbocycles. The number of carbonyl (C=O) groups is 1. The largest absolute Gasteiger partial charge is 0.467 e. The van der Waals surface area contributed by atoms with Gasteiger partial charge in [0.15, 0.2) is 21.4 Å². The normalized spacial score (nSPS) is 15.9. The Kier molecular flexibility index (Phi) is 5.89. The van der Waals surface area contributed by atoms with Crippen molar-refractivity contribution in [3.63, 3.8) is 0 Å². The number of rotatable bonds is 6. The van der Waals surface area contributed by atoms with Crippen LogP contribution >= 0.6 is 0 Å². The zero-order chi connectivity index (χ0) is 24.6. The third-order valence-electron chi connectivity index (χ3n) is 5.99. The first-order valence-electron chi connectivity index (χ1n) is 11.1. The zero-order valence-electron chi connectivity index (χ0n) is 19.3. The minimum Gasteiger partial charge on any atom is -0.467 e. The fraction of sp³-hybridized carbons (Fsp3) is 0.240. The molecule has 0 radical (unpaired) electrons. The van der Waals surface area contributed by atoms with Gasteiger partial charge in [0.25, 0.3) is 0 Å². The van der Waals surface area contributed by atoms with Crippen LogP contribution in [0.3, 0.4) is 0 Å². The van der Waals surface area contributed by atoms with Gasteiger partial charge in [0.2, 0.25) is 0 Å². The number of nitrogens with one attached hydrogen (secondary N) is 1. The molecular weight excluding hydrogens is 468 g/mol. The van der Waals surface area contributed by atoms with Gasteiger partial charge in [-0.1, -0.05) is 6.07 Å². The SMILES string of the molecule is COC(=O)C1CCCN1c1cc2[nH]c(-c3ccccn3)nc2cc1Oc1ccc(S(C)(=O)=O)cc1. The molecule has 1 fully saturated rings. The lowest BCUT2D eigenvalue weighted by molar-refractivity contribution is -0.141. The average Bonchev–Trinajstić information content (AvgIpc) is 3.50. The first kappa shape index (κ1) is 22.9. The minimum absolute atomic E-state index is 0.207. The second kappa shape index (κ2) is 9.03. The van der Waals surface area contributed by atoms with Crippen LogP contribution in [-0.4, -0.2) is 55.3 Å². The lowest BCUT2D eigenvalue weighted by atomic mass is 10.2. The van der Waals surface area contributed by atoms with Crippen molar-refractivity contribution >= 4 is 32.5 Å². The predicted octanol–water partition coefficient (Wildman–Crippen LogP) is 3.96. The number of anilines is 1. The maximum atomic E-state index is 12.5. The lowest BCUT2D eigenvalue weighted by Crippen LogP contribution is -2.37. The molecule has 5 rings (SSSR count). The summed E-state index contributed by atoms with van der Waals surface area (Å²) >= 11 is 0. The minimum atomic E-state index is -3.32. The lowest BCUT2D eigenvalue weighted by Gasteiger charge is -2.26. The van der Waals surface area contributed by atoms with Crippen LogP contribution in [0.1, 0.15) is 12.8 Å². The van der Waals surface area contributed by atoms with Crippen molar-refractivity contribution in [1.29, 1.82) is 0 Å². The summed E-state index contributed by atoms with van der Waals surface area (Å²) in [7, 11) is -1.94. The molecule has 0 spiro atoms. The maximum absolute atomic E-state index is 12.5. The van der Waals surface area contributed by atoms with E-state index in [9.17, 15) is 13.2 Å². The summed E-state index contributed by atoms with van der Waals surface area (Å²) in [6.07, 6.45) is 4.37. The van der Waals surface area contributed by atoms with E-state index in [1.54, 1.807) is 18.3 Å². The molecule has 35 heavy (non-hydrogen) atoms. The number of methoxy groups -OCH3 is 1. The van der Waals surface area contributed by atoms with Crippen LogP contribution in [0.4, 0.5) is 5.69 Å². The van der Waals surface area contributed by atoms with E-state index in [-0.39, 0.29) is 10.9 Å². The number of ether oxygens (including phenoxy) is 2. The van der Waals surface area contributed by atoms with Gasteiger partial charge in [-0.25, -0.2) is 18.2 Å². The molecule has 2 aromatic heterocycles. The van der Waals surface area contributed by atoms with Crippen molar-refractivity contribution in [3.8, 4) is 23.0 Å². The van der Waals surface area contributed by atoms with E-state index < -0.39 is 15.9 Å². The number of imidazole rings is 1. The Balaban J connectivity index is 1.59. The summed E-state index contributed by atoms with van der Waals surface area (Å²) in [5, 5.41) is 0. The number of hydrogen-bond donors (Lipinski definition) is 1. The fourth-order valence-corrected chi connectivity index (χ4v) is 4.91. The van der Waals surface area contributed by atoms with E-state index in [0.29, 0.717) is 47.2 Å². The van der Waals surface area contributed by atoms with Crippen LogP contribution in [0.25, 0.3) is 22.6 Å². The van der Waals surface area contributed by atoms with E-state index in [2.05, 4.69) is 15.0 Å². The standard InChI is InChI=1S/C25H24N4O5S/c1-33-25(30)21-7-5-13-29(21)22-14-19-20(28-24(27-19)18-6-3-4-12-26-18)15-23(22)34-16-8-10-17(11-9-16)35(2,31)32/h3-4,6,8-12,14-15,21H,5,7,13H2,1-2H3,(H,27,28). The third-order valence-corrected chi connectivity index (χ3v) is 7.11. The van der Waals surface area contributed by atoms with E-state index in [1.165, 1.54) is 19.2 Å². The van der Waals surface area contributed by atoms with Gasteiger partial charge in [0.05, 0.1) is 28.7 Å². The van der Waals surface area contributed by atoms with Crippen LogP contribution in [0.2, 0.25) is 0 Å². The van der Waals surface area contributed by atoms with Gasteiger partial charge >= 0.3 is 5.97 Å². The quantitative estimate of drug-likeness (QED) is 0.402. The number of benzene rings is 2. The summed E-state index contributed by atoms with van der Waals surface area (Å²) in [5.74, 6) is 1.28. The summed E-state index contributed by atoms with van der Waals surface area (Å²) in [5.41, 5.74) is 2.87. The molecule has 1 N–H and O–H groups in total. The van der Waals surface area contributed by atoms with E-state index in [4.69, 9.17) is 9.47 Å². The van der Waals surface area contributed by atoms with Crippen molar-refractivity contribution in [2.75, 3.05) is 24.8 Å². The molecule has 3 heterocycles. The second-order valence-corrected chi connectivity index (χ2v) is 10.4. The molecule has 1 atom stereocenters. The van der Waals surface area contributed by atoms with E-state index >= 15 is 0 Å². The summed E-state index contributed by atoms with van der Waals surface area (Å²) in [6, 6.07) is 15.1. The molecule has 0 aliphatic carbocycles. The Morgan fingerprint density at radius 2 is 1.94 bits per heavy atom. The average molecular weight is 493 g/mol. The number of fused-ring (bicyclic) bond motifs is 1. The van der Waals surface area contributed by atoms with E-state index in [1.807, 2.05) is 35.2 Å². The molecule has 0 saturated carbocycles. The van der Waals surface area contributed by atoms with Gasteiger partial charge in [-0.3, -0.25) is 4.98 Å². The van der Waals surface area contributed by atoms with Crippen molar-refractivity contribution in [2.45, 2.75) is 23.8 Å². The number of aromatic amines is 1. The van der Waals surface area contributed by atoms with Crippen molar-refractivity contribution in [2.24, 2.45) is 0 Å². The van der Waals surface area contributed by atoms with Crippen LogP contribution < -0.4 is 9.64 Å². The fourth-order valence-electron chi connectivity index (χ4n) is 4.27. The molecule has 1 unspecified atom stereocenters. The van der Waals surface area contributed by atoms with Crippen LogP contribution in [0.15, 0.2) is 65.7 Å². The number of hydrogen-bond acceptors (Lipinski definition) is 8. The monoisotopic (exact) mass is 492 g/mol.